The smallest absolute Gasteiger partial charge is 0.387 e. The lowest BCUT2D eigenvalue weighted by molar-refractivity contribution is -0.384. The lowest BCUT2D eigenvalue weighted by Crippen LogP contribution is -2.41. The first-order valence-corrected chi connectivity index (χ1v) is 6.75. The van der Waals surface area contributed by atoms with E-state index in [1.54, 1.807) is 0 Å². The third kappa shape index (κ3) is 4.62. The number of phosphoric ester groups is 1. The Morgan fingerprint density at radius 3 is 2.15 bits per heavy atom. The highest BCUT2D eigenvalue weighted by atomic mass is 31.2. The average molecular weight is 308 g/mol. The van der Waals surface area contributed by atoms with Crippen LogP contribution in [0.25, 0.3) is 0 Å². The van der Waals surface area contributed by atoms with Crippen LogP contribution in [0.3, 0.4) is 0 Å². The summed E-state index contributed by atoms with van der Waals surface area (Å²) in [5.74, 6) is 0. The molecular weight excluding hydrogens is 295 g/mol. The predicted octanol–water partition coefficient (Wildman–Crippen LogP) is -0.617. The quantitative estimate of drug-likeness (QED) is 0.198. The second kappa shape index (κ2) is 6.37. The van der Waals surface area contributed by atoms with Crippen molar-refractivity contribution in [2.45, 2.75) is 18.4 Å². The Morgan fingerprint density at radius 2 is 1.75 bits per heavy atom. The molecule has 1 aromatic rings. The minimum Gasteiger partial charge on any atom is -0.387 e. The van der Waals surface area contributed by atoms with Crippen molar-refractivity contribution in [1.82, 2.24) is 0 Å². The maximum atomic E-state index is 10.5. The van der Waals surface area contributed by atoms with Crippen LogP contribution in [0, 0.1) is 10.1 Å². The zero-order chi connectivity index (χ0) is 15.5. The number of nitrogens with zero attached hydrogens (tertiary/aromatic N) is 1. The molecule has 1 unspecified atom stereocenters. The minimum absolute atomic E-state index is 0.122. The zero-order valence-corrected chi connectivity index (χ0v) is 10.8. The maximum Gasteiger partial charge on any atom is 0.471 e. The summed E-state index contributed by atoms with van der Waals surface area (Å²) in [6, 6.07) is 3.08. The molecule has 11 heteroatoms. The van der Waals surface area contributed by atoms with Gasteiger partial charge in [0.25, 0.3) is 5.69 Å². The Balaban J connectivity index is 2.80. The van der Waals surface area contributed by atoms with Crippen LogP contribution in [0.1, 0.15) is 11.7 Å². The van der Waals surface area contributed by atoms with E-state index in [-0.39, 0.29) is 11.3 Å². The van der Waals surface area contributed by atoms with Crippen LogP contribution in [-0.4, -0.2) is 37.3 Å². The SMILES string of the molecule is N[C@H](C(O)OP(=O)(O)O)[C@@H](O)c1ccc([N+](=O)[O-])cc1. The fourth-order valence-electron chi connectivity index (χ4n) is 1.38. The van der Waals surface area contributed by atoms with Gasteiger partial charge in [0.15, 0.2) is 6.29 Å². The predicted molar refractivity (Wildman–Crippen MR) is 65.2 cm³/mol. The normalized spacial score (nSPS) is 16.4. The van der Waals surface area contributed by atoms with E-state index in [0.29, 0.717) is 0 Å². The number of hydrogen-bond acceptors (Lipinski definition) is 7. The highest BCUT2D eigenvalue weighted by Gasteiger charge is 2.30. The van der Waals surface area contributed by atoms with Gasteiger partial charge in [0.05, 0.1) is 17.1 Å². The lowest BCUT2D eigenvalue weighted by atomic mass is 10.0. The zero-order valence-electron chi connectivity index (χ0n) is 9.94. The number of nitrogens with two attached hydrogens (primary N) is 1. The molecule has 1 rings (SSSR count). The molecule has 1 aromatic carbocycles. The summed E-state index contributed by atoms with van der Waals surface area (Å²) in [5.41, 5.74) is 5.31. The van der Waals surface area contributed by atoms with Gasteiger partial charge in [-0.3, -0.25) is 14.6 Å². The van der Waals surface area contributed by atoms with Gasteiger partial charge in [0.1, 0.15) is 0 Å². The fraction of sp³-hybridized carbons (Fsp3) is 0.333. The third-order valence-electron chi connectivity index (χ3n) is 2.38. The van der Waals surface area contributed by atoms with E-state index < -0.39 is 31.2 Å². The molecule has 0 saturated carbocycles. The van der Waals surface area contributed by atoms with Gasteiger partial charge in [-0.15, -0.1) is 0 Å². The highest BCUT2D eigenvalue weighted by molar-refractivity contribution is 7.46. The summed E-state index contributed by atoms with van der Waals surface area (Å²) in [4.78, 5) is 26.8. The Hall–Kier alpha value is -1.39. The van der Waals surface area contributed by atoms with Gasteiger partial charge in [-0.05, 0) is 17.7 Å². The van der Waals surface area contributed by atoms with Crippen LogP contribution in [0.4, 0.5) is 5.69 Å². The molecular formula is C9H13N2O8P. The summed E-state index contributed by atoms with van der Waals surface area (Å²) >= 11 is 0. The third-order valence-corrected chi connectivity index (χ3v) is 2.88. The monoisotopic (exact) mass is 308 g/mol. The van der Waals surface area contributed by atoms with Gasteiger partial charge in [0, 0.05) is 12.1 Å². The number of rotatable bonds is 6. The van der Waals surface area contributed by atoms with E-state index in [1.165, 1.54) is 12.1 Å². The summed E-state index contributed by atoms with van der Waals surface area (Å²) < 4.78 is 14.5. The summed E-state index contributed by atoms with van der Waals surface area (Å²) in [6.45, 7) is 0. The Bertz CT molecular complexity index is 515. The van der Waals surface area contributed by atoms with Crippen LogP contribution in [0.5, 0.6) is 0 Å². The van der Waals surface area contributed by atoms with Gasteiger partial charge in [-0.25, -0.2) is 4.57 Å². The van der Waals surface area contributed by atoms with Crippen LogP contribution in [-0.2, 0) is 9.09 Å². The molecule has 0 aliphatic rings. The Kier molecular flexibility index (Phi) is 5.31. The lowest BCUT2D eigenvalue weighted by Gasteiger charge is -2.24. The number of aliphatic hydroxyl groups is 2. The average Bonchev–Trinajstić information content (AvgIpc) is 2.35. The Labute approximate surface area is 112 Å². The first kappa shape index (κ1) is 16.7. The van der Waals surface area contributed by atoms with Crippen molar-refractivity contribution in [3.05, 3.63) is 39.9 Å². The number of phosphoric acid groups is 1. The van der Waals surface area contributed by atoms with E-state index in [0.717, 1.165) is 12.1 Å². The first-order chi connectivity index (χ1) is 9.11. The number of nitro benzene ring substituents is 1. The van der Waals surface area contributed by atoms with Gasteiger partial charge in [-0.2, -0.15) is 0 Å². The van der Waals surface area contributed by atoms with Crippen molar-refractivity contribution < 1.29 is 34.0 Å². The highest BCUT2D eigenvalue weighted by Crippen LogP contribution is 2.38. The molecule has 20 heavy (non-hydrogen) atoms. The molecule has 10 nitrogen and oxygen atoms in total. The second-order valence-corrected chi connectivity index (χ2v) is 5.05. The molecule has 0 aromatic heterocycles. The van der Waals surface area contributed by atoms with Crippen LogP contribution in [0.15, 0.2) is 24.3 Å². The van der Waals surface area contributed by atoms with E-state index in [2.05, 4.69) is 4.52 Å². The molecule has 112 valence electrons. The minimum atomic E-state index is -4.96. The van der Waals surface area contributed by atoms with Gasteiger partial charge in [-0.1, -0.05) is 0 Å². The van der Waals surface area contributed by atoms with Gasteiger partial charge >= 0.3 is 7.82 Å². The van der Waals surface area contributed by atoms with E-state index in [1.807, 2.05) is 0 Å². The standard InChI is InChI=1S/C9H13N2O8P/c10-7(9(13)19-20(16,17)18)8(12)5-1-3-6(4-2-5)11(14)15/h1-4,7-9,12-13H,10H2,(H2,16,17,18)/t7-,8-,9?/m0/s1. The number of hydrogen-bond donors (Lipinski definition) is 5. The molecule has 6 N–H and O–H groups in total. The number of aliphatic hydroxyl groups excluding tert-OH is 2. The van der Waals surface area contributed by atoms with Crippen molar-refractivity contribution in [2.24, 2.45) is 5.73 Å². The topological polar surface area (TPSA) is 176 Å². The molecule has 0 fully saturated rings. The molecule has 0 spiro atoms. The maximum absolute atomic E-state index is 10.5. The molecule has 0 saturated heterocycles. The van der Waals surface area contributed by atoms with E-state index in [9.17, 15) is 24.9 Å². The van der Waals surface area contributed by atoms with Crippen molar-refractivity contribution in [2.75, 3.05) is 0 Å². The summed E-state index contributed by atoms with van der Waals surface area (Å²) in [7, 11) is -4.96. The fourth-order valence-corrected chi connectivity index (χ4v) is 1.80. The first-order valence-electron chi connectivity index (χ1n) is 5.22. The molecule has 0 aliphatic heterocycles. The largest absolute Gasteiger partial charge is 0.471 e. The number of nitro groups is 1. The number of non-ortho nitro benzene ring substituents is 1. The second-order valence-electron chi connectivity index (χ2n) is 3.86. The molecule has 0 bridgehead atoms. The molecule has 0 aliphatic carbocycles. The van der Waals surface area contributed by atoms with Crippen molar-refractivity contribution >= 4 is 13.5 Å². The summed E-state index contributed by atoms with van der Waals surface area (Å²) in [6.07, 6.45) is -3.64. The van der Waals surface area contributed by atoms with Crippen molar-refractivity contribution in [1.29, 1.82) is 0 Å². The van der Waals surface area contributed by atoms with Crippen LogP contribution < -0.4 is 5.73 Å². The molecule has 0 heterocycles. The van der Waals surface area contributed by atoms with Crippen LogP contribution in [0.2, 0.25) is 0 Å². The van der Waals surface area contributed by atoms with E-state index >= 15 is 0 Å². The molecule has 0 amide bonds. The molecule has 3 atom stereocenters. The summed E-state index contributed by atoms with van der Waals surface area (Å²) in [5, 5.41) is 29.6. The van der Waals surface area contributed by atoms with Crippen LogP contribution >= 0.6 is 7.82 Å². The van der Waals surface area contributed by atoms with Gasteiger partial charge < -0.3 is 25.7 Å². The Morgan fingerprint density at radius 1 is 1.25 bits per heavy atom. The number of benzene rings is 1. The van der Waals surface area contributed by atoms with Crippen molar-refractivity contribution in [3.63, 3.8) is 0 Å². The van der Waals surface area contributed by atoms with Gasteiger partial charge in [0.2, 0.25) is 0 Å². The van der Waals surface area contributed by atoms with E-state index in [4.69, 9.17) is 15.5 Å². The van der Waals surface area contributed by atoms with Crippen molar-refractivity contribution in [3.8, 4) is 0 Å². The molecule has 0 radical (unpaired) electrons.